The largest absolute Gasteiger partial charge is 0.0833 e. The minimum absolute atomic E-state index is 0.165. The highest BCUT2D eigenvalue weighted by Gasteiger charge is 2.40. The van der Waals surface area contributed by atoms with Crippen molar-refractivity contribution in [3.63, 3.8) is 0 Å². The fraction of sp³-hybridized carbons (Fsp3) is 0.524. The van der Waals surface area contributed by atoms with E-state index in [2.05, 4.69) is 84.0 Å². The van der Waals surface area contributed by atoms with Crippen LogP contribution in [-0.2, 0) is 5.41 Å². The van der Waals surface area contributed by atoms with E-state index in [1.807, 2.05) is 0 Å². The summed E-state index contributed by atoms with van der Waals surface area (Å²) in [5.74, 6) is 1.78. The van der Waals surface area contributed by atoms with E-state index in [0.29, 0.717) is 17.8 Å². The minimum atomic E-state index is 0.165. The van der Waals surface area contributed by atoms with Gasteiger partial charge >= 0.3 is 0 Å². The smallest absolute Gasteiger partial charge is 0.0224 e. The monoisotopic (exact) mass is 282 g/mol. The van der Waals surface area contributed by atoms with Crippen molar-refractivity contribution in [3.8, 4) is 0 Å². The van der Waals surface area contributed by atoms with Gasteiger partial charge in [-0.2, -0.15) is 0 Å². The first-order valence-corrected chi connectivity index (χ1v) is 8.37. The first-order valence-electron chi connectivity index (χ1n) is 8.37. The topological polar surface area (TPSA) is 0 Å². The van der Waals surface area contributed by atoms with Gasteiger partial charge in [0.1, 0.15) is 0 Å². The zero-order valence-corrected chi connectivity index (χ0v) is 14.5. The predicted octanol–water partition coefficient (Wildman–Crippen LogP) is 6.25. The number of allylic oxidation sites excluding steroid dienone is 4. The van der Waals surface area contributed by atoms with Crippen molar-refractivity contribution in [2.75, 3.05) is 0 Å². The van der Waals surface area contributed by atoms with Crippen LogP contribution in [0.15, 0.2) is 48.1 Å². The summed E-state index contributed by atoms with van der Waals surface area (Å²) in [4.78, 5) is 0. The Bertz CT molecular complexity index is 526. The molecule has 0 heteroatoms. The van der Waals surface area contributed by atoms with Gasteiger partial charge in [-0.15, -0.1) is 0 Å². The molecule has 2 rings (SSSR count). The maximum atomic E-state index is 2.37. The van der Waals surface area contributed by atoms with Crippen molar-refractivity contribution in [3.05, 3.63) is 59.2 Å². The van der Waals surface area contributed by atoms with Gasteiger partial charge in [-0.05, 0) is 35.3 Å². The van der Waals surface area contributed by atoms with Gasteiger partial charge in [0.05, 0.1) is 0 Å². The molecule has 0 aromatic heterocycles. The minimum Gasteiger partial charge on any atom is -0.0833 e. The zero-order chi connectivity index (χ0) is 15.6. The molecule has 0 amide bonds. The predicted molar refractivity (Wildman–Crippen MR) is 93.7 cm³/mol. The van der Waals surface area contributed by atoms with Crippen molar-refractivity contribution in [2.24, 2.45) is 11.8 Å². The summed E-state index contributed by atoms with van der Waals surface area (Å²) in [7, 11) is 0. The van der Waals surface area contributed by atoms with Crippen LogP contribution in [-0.4, -0.2) is 0 Å². The molecule has 0 aliphatic heterocycles. The Hall–Kier alpha value is -1.30. The second kappa shape index (κ2) is 6.22. The molecule has 0 nitrogen and oxygen atoms in total. The lowest BCUT2D eigenvalue weighted by Gasteiger charge is -2.43. The van der Waals surface area contributed by atoms with Crippen LogP contribution >= 0.6 is 0 Å². The second-order valence-corrected chi connectivity index (χ2v) is 7.31. The summed E-state index contributed by atoms with van der Waals surface area (Å²) in [6.07, 6.45) is 8.04. The molecule has 0 saturated carbocycles. The van der Waals surface area contributed by atoms with Crippen molar-refractivity contribution in [1.29, 1.82) is 0 Å². The number of rotatable bonds is 4. The average Bonchev–Trinajstić information content (AvgIpc) is 2.46. The third-order valence-corrected chi connectivity index (χ3v) is 5.07. The first-order chi connectivity index (χ1) is 9.89. The van der Waals surface area contributed by atoms with Gasteiger partial charge in [-0.1, -0.05) is 89.6 Å². The molecule has 1 unspecified atom stereocenters. The highest BCUT2D eigenvalue weighted by molar-refractivity contribution is 5.44. The normalized spacial score (nSPS) is 22.2. The Morgan fingerprint density at radius 2 is 1.48 bits per heavy atom. The van der Waals surface area contributed by atoms with E-state index < -0.39 is 0 Å². The van der Waals surface area contributed by atoms with Crippen LogP contribution in [0.4, 0.5) is 0 Å². The molecule has 0 spiro atoms. The van der Waals surface area contributed by atoms with E-state index in [1.165, 1.54) is 11.1 Å². The number of benzene rings is 1. The van der Waals surface area contributed by atoms with Crippen molar-refractivity contribution >= 4 is 0 Å². The zero-order valence-electron chi connectivity index (χ0n) is 14.5. The van der Waals surface area contributed by atoms with Crippen LogP contribution in [0.1, 0.15) is 65.0 Å². The quantitative estimate of drug-likeness (QED) is 0.612. The van der Waals surface area contributed by atoms with Gasteiger partial charge in [0.15, 0.2) is 0 Å². The molecule has 1 aliphatic carbocycles. The molecule has 0 bridgehead atoms. The van der Waals surface area contributed by atoms with E-state index in [1.54, 1.807) is 5.57 Å². The van der Waals surface area contributed by atoms with Crippen molar-refractivity contribution in [1.82, 2.24) is 0 Å². The van der Waals surface area contributed by atoms with Gasteiger partial charge in [-0.3, -0.25) is 0 Å². The lowest BCUT2D eigenvalue weighted by Crippen LogP contribution is -2.37. The van der Waals surface area contributed by atoms with Gasteiger partial charge in [0.25, 0.3) is 0 Å². The van der Waals surface area contributed by atoms with Crippen LogP contribution in [0.3, 0.4) is 0 Å². The molecule has 0 saturated heterocycles. The fourth-order valence-corrected chi connectivity index (χ4v) is 3.75. The van der Waals surface area contributed by atoms with Crippen LogP contribution in [0.5, 0.6) is 0 Å². The summed E-state index contributed by atoms with van der Waals surface area (Å²) >= 11 is 0. The molecule has 1 aromatic carbocycles. The van der Waals surface area contributed by atoms with Gasteiger partial charge < -0.3 is 0 Å². The Balaban J connectivity index is 2.52. The summed E-state index contributed by atoms with van der Waals surface area (Å²) < 4.78 is 0. The molecule has 0 fully saturated rings. The SMILES string of the molecule is CC(C)C1=CC=CCC1(c1ccc(C(C)C)cc1)C(C)C. The van der Waals surface area contributed by atoms with Crippen molar-refractivity contribution < 1.29 is 0 Å². The molecule has 114 valence electrons. The Labute approximate surface area is 131 Å². The highest BCUT2D eigenvalue weighted by Crippen LogP contribution is 2.47. The average molecular weight is 282 g/mol. The maximum absolute atomic E-state index is 2.37. The van der Waals surface area contributed by atoms with Crippen LogP contribution in [0, 0.1) is 11.8 Å². The van der Waals surface area contributed by atoms with E-state index in [4.69, 9.17) is 0 Å². The molecule has 1 aliphatic rings. The van der Waals surface area contributed by atoms with Gasteiger partial charge in [0, 0.05) is 5.41 Å². The molecule has 1 aromatic rings. The molecule has 21 heavy (non-hydrogen) atoms. The Kier molecular flexibility index (Phi) is 4.76. The summed E-state index contributed by atoms with van der Waals surface area (Å²) in [6.45, 7) is 13.9. The maximum Gasteiger partial charge on any atom is 0.0224 e. The van der Waals surface area contributed by atoms with Crippen molar-refractivity contribution in [2.45, 2.75) is 59.3 Å². The van der Waals surface area contributed by atoms with E-state index in [0.717, 1.165) is 6.42 Å². The summed E-state index contributed by atoms with van der Waals surface area (Å²) in [6, 6.07) is 9.37. The van der Waals surface area contributed by atoms with Crippen LogP contribution in [0.2, 0.25) is 0 Å². The highest BCUT2D eigenvalue weighted by atomic mass is 14.4. The lowest BCUT2D eigenvalue weighted by atomic mass is 9.60. The molecule has 1 atom stereocenters. The third-order valence-electron chi connectivity index (χ3n) is 5.07. The van der Waals surface area contributed by atoms with Gasteiger partial charge in [-0.25, -0.2) is 0 Å². The number of hydrogen-bond donors (Lipinski definition) is 0. The van der Waals surface area contributed by atoms with E-state index >= 15 is 0 Å². The third kappa shape index (κ3) is 2.86. The molecule has 0 N–H and O–H groups in total. The van der Waals surface area contributed by atoms with Crippen LogP contribution < -0.4 is 0 Å². The molecule has 0 heterocycles. The van der Waals surface area contributed by atoms with E-state index in [-0.39, 0.29) is 5.41 Å². The lowest BCUT2D eigenvalue weighted by molar-refractivity contribution is 0.336. The summed E-state index contributed by atoms with van der Waals surface area (Å²) in [5.41, 5.74) is 4.65. The molecular weight excluding hydrogens is 252 g/mol. The van der Waals surface area contributed by atoms with Gasteiger partial charge in [0.2, 0.25) is 0 Å². The van der Waals surface area contributed by atoms with Crippen LogP contribution in [0.25, 0.3) is 0 Å². The first kappa shape index (κ1) is 16.1. The molecular formula is C21H30. The standard InChI is InChI=1S/C21H30/c1-15(2)18-10-12-19(13-11-18)21(17(5)6)14-8-7-9-20(21)16(3)4/h7-13,15-17H,14H2,1-6H3. The number of hydrogen-bond acceptors (Lipinski definition) is 0. The fourth-order valence-electron chi connectivity index (χ4n) is 3.75. The Morgan fingerprint density at radius 3 is 1.95 bits per heavy atom. The molecule has 0 radical (unpaired) electrons. The van der Waals surface area contributed by atoms with E-state index in [9.17, 15) is 0 Å². The summed E-state index contributed by atoms with van der Waals surface area (Å²) in [5, 5.41) is 0. The Morgan fingerprint density at radius 1 is 0.857 bits per heavy atom. The second-order valence-electron chi connectivity index (χ2n) is 7.31.